The zero-order chi connectivity index (χ0) is 27.2. The van der Waals surface area contributed by atoms with Crippen molar-refractivity contribution < 1.29 is 14.3 Å². The molecule has 1 aliphatic heterocycles. The van der Waals surface area contributed by atoms with Crippen LogP contribution in [0.15, 0.2) is 84.6 Å². The second-order valence-electron chi connectivity index (χ2n) is 10.8. The van der Waals surface area contributed by atoms with Gasteiger partial charge in [-0.2, -0.15) is 0 Å². The second-order valence-corrected chi connectivity index (χ2v) is 10.8. The molecule has 1 saturated carbocycles. The van der Waals surface area contributed by atoms with Crippen molar-refractivity contribution in [3.63, 3.8) is 0 Å². The Kier molecular flexibility index (Phi) is 8.45. The van der Waals surface area contributed by atoms with Gasteiger partial charge in [-0.15, -0.1) is 0 Å². The van der Waals surface area contributed by atoms with E-state index >= 15 is 0 Å². The van der Waals surface area contributed by atoms with E-state index in [-0.39, 0.29) is 30.0 Å². The van der Waals surface area contributed by atoms with Gasteiger partial charge in [0.15, 0.2) is 5.76 Å². The molecule has 1 saturated heterocycles. The number of nitrogens with one attached hydrogen (secondary N) is 1. The van der Waals surface area contributed by atoms with Crippen molar-refractivity contribution in [1.82, 2.24) is 10.2 Å². The summed E-state index contributed by atoms with van der Waals surface area (Å²) in [6.45, 7) is 4.75. The Bertz CT molecular complexity index is 1320. The molecule has 1 N–H and O–H groups in total. The smallest absolute Gasteiger partial charge is 0.289 e. The molecule has 5 rings (SSSR count). The maximum atomic E-state index is 13.6. The Balaban J connectivity index is 1.29. The van der Waals surface area contributed by atoms with Gasteiger partial charge in [0.2, 0.25) is 0 Å². The fourth-order valence-electron chi connectivity index (χ4n) is 5.72. The highest BCUT2D eigenvalue weighted by Gasteiger charge is 2.41. The molecule has 39 heavy (non-hydrogen) atoms. The van der Waals surface area contributed by atoms with Gasteiger partial charge in [-0.05, 0) is 73.9 Å². The molecule has 2 aliphatic rings. The zero-order valence-corrected chi connectivity index (χ0v) is 22.9. The van der Waals surface area contributed by atoms with Gasteiger partial charge in [0.1, 0.15) is 6.10 Å². The Labute approximate surface area is 231 Å². The molecule has 1 aliphatic carbocycles. The summed E-state index contributed by atoms with van der Waals surface area (Å²) in [6, 6.07) is 26.2. The molecule has 2 amide bonds. The highest BCUT2D eigenvalue weighted by Crippen LogP contribution is 2.34. The average Bonchev–Trinajstić information content (AvgIpc) is 2.96. The number of hydrogen-bond acceptors (Lipinski definition) is 3. The molecule has 0 bridgehead atoms. The lowest BCUT2D eigenvalue weighted by atomic mass is 9.89. The lowest BCUT2D eigenvalue weighted by Gasteiger charge is -2.44. The monoisotopic (exact) mass is 522 g/mol. The van der Waals surface area contributed by atoms with E-state index < -0.39 is 0 Å². The Morgan fingerprint density at radius 1 is 1.00 bits per heavy atom. The van der Waals surface area contributed by atoms with Crippen LogP contribution < -0.4 is 5.32 Å². The molecule has 5 heteroatoms. The minimum absolute atomic E-state index is 0.0214. The van der Waals surface area contributed by atoms with Gasteiger partial charge in [-0.1, -0.05) is 85.6 Å². The molecule has 1 heterocycles. The summed E-state index contributed by atoms with van der Waals surface area (Å²) in [7, 11) is 0. The van der Waals surface area contributed by atoms with E-state index in [0.29, 0.717) is 17.9 Å². The Hall–Kier alpha value is -3.86. The maximum Gasteiger partial charge on any atom is 0.289 e. The van der Waals surface area contributed by atoms with Gasteiger partial charge in [0.25, 0.3) is 11.8 Å². The topological polar surface area (TPSA) is 58.6 Å². The number of ether oxygens (including phenoxy) is 1. The van der Waals surface area contributed by atoms with Gasteiger partial charge < -0.3 is 15.0 Å². The van der Waals surface area contributed by atoms with Crippen molar-refractivity contribution in [2.75, 3.05) is 0 Å². The quantitative estimate of drug-likeness (QED) is 0.346. The molecule has 0 aromatic heterocycles. The van der Waals surface area contributed by atoms with Crippen molar-refractivity contribution in [1.29, 1.82) is 0 Å². The van der Waals surface area contributed by atoms with Crippen molar-refractivity contribution in [3.05, 3.63) is 112 Å². The van der Waals surface area contributed by atoms with Crippen LogP contribution in [0.2, 0.25) is 0 Å². The van der Waals surface area contributed by atoms with Crippen LogP contribution in [0, 0.1) is 6.92 Å². The largest absolute Gasteiger partial charge is 0.482 e. The first kappa shape index (κ1) is 26.7. The van der Waals surface area contributed by atoms with E-state index in [1.807, 2.05) is 59.5 Å². The molecule has 0 radical (unpaired) electrons. The third-order valence-electron chi connectivity index (χ3n) is 7.88. The van der Waals surface area contributed by atoms with Crippen LogP contribution in [0.25, 0.3) is 6.08 Å². The van der Waals surface area contributed by atoms with Gasteiger partial charge in [0.05, 0.1) is 6.04 Å². The fourth-order valence-corrected chi connectivity index (χ4v) is 5.72. The Morgan fingerprint density at radius 3 is 2.49 bits per heavy atom. The normalized spacial score (nSPS) is 20.7. The van der Waals surface area contributed by atoms with Crippen LogP contribution >= 0.6 is 0 Å². The number of amides is 2. The molecule has 3 aromatic carbocycles. The van der Waals surface area contributed by atoms with Crippen LogP contribution in [0.3, 0.4) is 0 Å². The minimum Gasteiger partial charge on any atom is -0.482 e. The predicted molar refractivity (Wildman–Crippen MR) is 155 cm³/mol. The van der Waals surface area contributed by atoms with E-state index in [9.17, 15) is 9.59 Å². The predicted octanol–water partition coefficient (Wildman–Crippen LogP) is 6.46. The first-order chi connectivity index (χ1) is 19.0. The summed E-state index contributed by atoms with van der Waals surface area (Å²) < 4.78 is 6.29. The van der Waals surface area contributed by atoms with Crippen LogP contribution in [0.4, 0.5) is 0 Å². The number of rotatable bonds is 8. The Morgan fingerprint density at radius 2 is 1.74 bits per heavy atom. The molecule has 2 fully saturated rings. The lowest BCUT2D eigenvalue weighted by Crippen LogP contribution is -2.54. The molecule has 3 atom stereocenters. The van der Waals surface area contributed by atoms with Gasteiger partial charge in [0, 0.05) is 18.2 Å². The number of morpholine rings is 1. The third-order valence-corrected chi connectivity index (χ3v) is 7.88. The van der Waals surface area contributed by atoms with Crippen molar-refractivity contribution in [3.8, 4) is 0 Å². The summed E-state index contributed by atoms with van der Waals surface area (Å²) in [6.07, 6.45) is 7.67. The average molecular weight is 523 g/mol. The summed E-state index contributed by atoms with van der Waals surface area (Å²) in [4.78, 5) is 28.6. The molecule has 202 valence electrons. The SMILES string of the molecule is CCC(Cc1ccccc1)NC(=O)c1ccc(/C=C2/OC3CCCCC3N(Cc3cccc(C)c3)C2=O)cc1. The molecular weight excluding hydrogens is 484 g/mol. The highest BCUT2D eigenvalue weighted by molar-refractivity contribution is 5.97. The first-order valence-corrected chi connectivity index (χ1v) is 14.2. The van der Waals surface area contributed by atoms with Gasteiger partial charge >= 0.3 is 0 Å². The number of hydrogen-bond donors (Lipinski definition) is 1. The summed E-state index contributed by atoms with van der Waals surface area (Å²) >= 11 is 0. The number of carbonyl (C=O) groups is 2. The van der Waals surface area contributed by atoms with Crippen LogP contribution in [-0.2, 0) is 22.5 Å². The zero-order valence-electron chi connectivity index (χ0n) is 22.9. The van der Waals surface area contributed by atoms with Crippen molar-refractivity contribution in [2.24, 2.45) is 0 Å². The number of aryl methyl sites for hydroxylation is 1. The maximum absolute atomic E-state index is 13.6. The third kappa shape index (κ3) is 6.59. The fraction of sp³-hybridized carbons (Fsp3) is 0.353. The second kappa shape index (κ2) is 12.3. The standard InChI is InChI=1S/C34H38N2O3/c1-3-29(21-25-11-5-4-6-12-25)35-33(37)28-18-16-26(17-19-28)22-32-34(38)36(23-27-13-9-10-24(2)20-27)30-14-7-8-15-31(30)39-32/h4-6,9-13,16-20,22,29-31H,3,7-8,14-15,21,23H2,1-2H3,(H,35,37)/b32-22+. The van der Waals surface area contributed by atoms with Gasteiger partial charge in [-0.3, -0.25) is 9.59 Å². The van der Waals surface area contributed by atoms with Crippen molar-refractivity contribution in [2.45, 2.75) is 77.1 Å². The minimum atomic E-state index is -0.0867. The molecule has 3 aromatic rings. The van der Waals surface area contributed by atoms with E-state index in [4.69, 9.17) is 4.74 Å². The van der Waals surface area contributed by atoms with E-state index in [0.717, 1.165) is 49.7 Å². The van der Waals surface area contributed by atoms with Crippen LogP contribution in [-0.4, -0.2) is 34.9 Å². The number of carbonyl (C=O) groups excluding carboxylic acids is 2. The number of nitrogens with zero attached hydrogens (tertiary/aromatic N) is 1. The van der Waals surface area contributed by atoms with E-state index in [1.165, 1.54) is 11.1 Å². The van der Waals surface area contributed by atoms with Gasteiger partial charge in [-0.25, -0.2) is 0 Å². The molecule has 3 unspecified atom stereocenters. The van der Waals surface area contributed by atoms with E-state index in [2.05, 4.69) is 49.5 Å². The highest BCUT2D eigenvalue weighted by atomic mass is 16.5. The summed E-state index contributed by atoms with van der Waals surface area (Å²) in [5.41, 5.74) is 4.99. The lowest BCUT2D eigenvalue weighted by molar-refractivity contribution is -0.149. The molecule has 5 nitrogen and oxygen atoms in total. The van der Waals surface area contributed by atoms with Crippen molar-refractivity contribution >= 4 is 17.9 Å². The molecule has 0 spiro atoms. The molecular formula is C34H38N2O3. The van der Waals surface area contributed by atoms with Crippen LogP contribution in [0.1, 0.15) is 71.6 Å². The van der Waals surface area contributed by atoms with E-state index in [1.54, 1.807) is 0 Å². The number of benzene rings is 3. The first-order valence-electron chi connectivity index (χ1n) is 14.2. The number of fused-ring (bicyclic) bond motifs is 1. The van der Waals surface area contributed by atoms with Crippen LogP contribution in [0.5, 0.6) is 0 Å². The summed E-state index contributed by atoms with van der Waals surface area (Å²) in [5.74, 6) is 0.237. The summed E-state index contributed by atoms with van der Waals surface area (Å²) in [5, 5.41) is 3.16.